The third-order valence-corrected chi connectivity index (χ3v) is 11.1. The number of allylic oxidation sites excluding steroid dienone is 3. The summed E-state index contributed by atoms with van der Waals surface area (Å²) < 4.78 is 0. The third-order valence-electron chi connectivity index (χ3n) is 11.1. The number of aliphatic hydroxyl groups is 1. The second kappa shape index (κ2) is 9.03. The van der Waals surface area contributed by atoms with Gasteiger partial charge in [0.15, 0.2) is 0 Å². The Morgan fingerprint density at radius 1 is 1.06 bits per heavy atom. The van der Waals surface area contributed by atoms with Gasteiger partial charge in [-0.2, -0.15) is 0 Å². The maximum Gasteiger partial charge on any atom is 0.0577 e. The van der Waals surface area contributed by atoms with Crippen molar-refractivity contribution in [3.8, 4) is 0 Å². The first-order valence-corrected chi connectivity index (χ1v) is 13.9. The van der Waals surface area contributed by atoms with Crippen LogP contribution in [0.3, 0.4) is 0 Å². The molecule has 180 valence electrons. The van der Waals surface area contributed by atoms with Gasteiger partial charge >= 0.3 is 0 Å². The van der Waals surface area contributed by atoms with E-state index in [4.69, 9.17) is 0 Å². The highest BCUT2D eigenvalue weighted by molar-refractivity contribution is 5.63. The van der Waals surface area contributed by atoms with Crippen molar-refractivity contribution in [3.63, 3.8) is 0 Å². The predicted octanol–water partition coefficient (Wildman–Crippen LogP) is 8.45. The van der Waals surface area contributed by atoms with Crippen molar-refractivity contribution < 1.29 is 5.11 Å². The van der Waals surface area contributed by atoms with Crippen LogP contribution in [0.15, 0.2) is 48.1 Å². The summed E-state index contributed by atoms with van der Waals surface area (Å²) in [5, 5.41) is 10.3. The van der Waals surface area contributed by atoms with Crippen LogP contribution in [-0.2, 0) is 0 Å². The smallest absolute Gasteiger partial charge is 0.0577 e. The molecule has 1 heteroatoms. The van der Waals surface area contributed by atoms with Crippen LogP contribution in [0.5, 0.6) is 0 Å². The molecule has 1 nitrogen and oxygen atoms in total. The minimum Gasteiger partial charge on any atom is -0.393 e. The van der Waals surface area contributed by atoms with Crippen molar-refractivity contribution in [1.82, 2.24) is 0 Å². The van der Waals surface area contributed by atoms with Gasteiger partial charge in [0.25, 0.3) is 0 Å². The Morgan fingerprint density at radius 2 is 1.85 bits per heavy atom. The molecule has 1 N–H and O–H groups in total. The van der Waals surface area contributed by atoms with Gasteiger partial charge in [0.05, 0.1) is 6.10 Å². The molecule has 0 amide bonds. The molecule has 0 aromatic heterocycles. The predicted molar refractivity (Wildman–Crippen MR) is 140 cm³/mol. The lowest BCUT2D eigenvalue weighted by molar-refractivity contribution is -0.0570. The van der Waals surface area contributed by atoms with Gasteiger partial charge in [-0.05, 0) is 123 Å². The van der Waals surface area contributed by atoms with E-state index < -0.39 is 0 Å². The van der Waals surface area contributed by atoms with Crippen LogP contribution in [0.4, 0.5) is 0 Å². The molecule has 0 radical (unpaired) electrons. The molecule has 5 rings (SSSR count). The van der Waals surface area contributed by atoms with Crippen LogP contribution in [0, 0.1) is 40.4 Å². The maximum atomic E-state index is 10.3. The summed E-state index contributed by atoms with van der Waals surface area (Å²) in [6, 6.07) is 10.8. The highest BCUT2D eigenvalue weighted by Gasteiger charge is 2.59. The standard InChI is InChI=1S/C32H46O/c1-22(24-11-6-5-7-12-24)9-8-10-23(2)28-15-16-29-27-14-13-25-21-26(33)17-19-31(25,3)30(27)18-20-32(28,29)4/h5-7,9,11-13,23,26-30,33H,8,10,14-21H2,1-4H3/b22-9+/t23-,26+,27+,28-,29+,30+,31+,32-/m1/s1. The first kappa shape index (κ1) is 23.4. The molecule has 0 aliphatic heterocycles. The Balaban J connectivity index is 1.26. The summed E-state index contributed by atoms with van der Waals surface area (Å²) in [7, 11) is 0. The summed E-state index contributed by atoms with van der Waals surface area (Å²) in [4.78, 5) is 0. The quantitative estimate of drug-likeness (QED) is 0.450. The van der Waals surface area contributed by atoms with Crippen molar-refractivity contribution in [2.24, 2.45) is 40.4 Å². The van der Waals surface area contributed by atoms with Crippen molar-refractivity contribution in [1.29, 1.82) is 0 Å². The molecule has 4 aliphatic carbocycles. The van der Waals surface area contributed by atoms with Gasteiger partial charge in [-0.1, -0.05) is 68.8 Å². The third kappa shape index (κ3) is 4.07. The average Bonchev–Trinajstić information content (AvgIpc) is 3.17. The lowest BCUT2D eigenvalue weighted by Crippen LogP contribution is -2.50. The van der Waals surface area contributed by atoms with Crippen molar-refractivity contribution in [3.05, 3.63) is 53.6 Å². The summed E-state index contributed by atoms with van der Waals surface area (Å²) >= 11 is 0. The highest BCUT2D eigenvalue weighted by Crippen LogP contribution is 2.67. The second-order valence-corrected chi connectivity index (χ2v) is 12.7. The molecule has 0 unspecified atom stereocenters. The van der Waals surface area contributed by atoms with Crippen LogP contribution in [0.2, 0.25) is 0 Å². The lowest BCUT2D eigenvalue weighted by Gasteiger charge is -2.58. The molecule has 3 fully saturated rings. The largest absolute Gasteiger partial charge is 0.393 e. The van der Waals surface area contributed by atoms with Gasteiger partial charge in [0.2, 0.25) is 0 Å². The Morgan fingerprint density at radius 3 is 2.64 bits per heavy atom. The topological polar surface area (TPSA) is 20.2 Å². The Labute approximate surface area is 202 Å². The SMILES string of the molecule is C/C(=C\CC[C@@H](C)[C@H]1CC[C@H]2[C@@H]3CC=C4C[C@@H](O)CC[C@]4(C)[C@H]3CC[C@]12C)c1ccccc1. The van der Waals surface area contributed by atoms with Gasteiger partial charge in [-0.15, -0.1) is 0 Å². The van der Waals surface area contributed by atoms with E-state index >= 15 is 0 Å². The molecule has 1 aromatic rings. The van der Waals surface area contributed by atoms with Crippen LogP contribution < -0.4 is 0 Å². The monoisotopic (exact) mass is 446 g/mol. The summed E-state index contributed by atoms with van der Waals surface area (Å²) in [6.45, 7) is 10.1. The number of hydrogen-bond acceptors (Lipinski definition) is 1. The zero-order valence-corrected chi connectivity index (χ0v) is 21.5. The van der Waals surface area contributed by atoms with Crippen LogP contribution in [0.25, 0.3) is 5.57 Å². The van der Waals surface area contributed by atoms with Gasteiger partial charge in [0, 0.05) is 0 Å². The molecule has 0 heterocycles. The normalized spacial score (nSPS) is 41.5. The van der Waals surface area contributed by atoms with Gasteiger partial charge < -0.3 is 5.11 Å². The number of hydrogen-bond donors (Lipinski definition) is 1. The fourth-order valence-electron chi connectivity index (χ4n) is 9.20. The molecule has 33 heavy (non-hydrogen) atoms. The van der Waals surface area contributed by atoms with E-state index in [1.807, 2.05) is 0 Å². The zero-order valence-electron chi connectivity index (χ0n) is 21.5. The Bertz CT molecular complexity index is 896. The van der Waals surface area contributed by atoms with E-state index in [1.54, 1.807) is 5.57 Å². The van der Waals surface area contributed by atoms with Gasteiger partial charge in [0.1, 0.15) is 0 Å². The van der Waals surface area contributed by atoms with E-state index in [2.05, 4.69) is 70.2 Å². The van der Waals surface area contributed by atoms with E-state index in [1.165, 1.54) is 62.5 Å². The molecular weight excluding hydrogens is 400 g/mol. The molecule has 0 saturated heterocycles. The minimum absolute atomic E-state index is 0.0916. The summed E-state index contributed by atoms with van der Waals surface area (Å²) in [6.07, 6.45) is 17.7. The first-order valence-electron chi connectivity index (χ1n) is 13.9. The van der Waals surface area contributed by atoms with Crippen molar-refractivity contribution in [2.75, 3.05) is 0 Å². The maximum absolute atomic E-state index is 10.3. The number of aliphatic hydroxyl groups excluding tert-OH is 1. The summed E-state index contributed by atoms with van der Waals surface area (Å²) in [5.41, 5.74) is 5.30. The van der Waals surface area contributed by atoms with Crippen molar-refractivity contribution in [2.45, 2.75) is 98.0 Å². The molecule has 1 aromatic carbocycles. The van der Waals surface area contributed by atoms with E-state index in [0.29, 0.717) is 10.8 Å². The Kier molecular flexibility index (Phi) is 6.40. The van der Waals surface area contributed by atoms with Crippen LogP contribution in [-0.4, -0.2) is 11.2 Å². The lowest BCUT2D eigenvalue weighted by atomic mass is 9.47. The Hall–Kier alpha value is -1.34. The first-order chi connectivity index (χ1) is 15.8. The van der Waals surface area contributed by atoms with Crippen LogP contribution >= 0.6 is 0 Å². The average molecular weight is 447 g/mol. The van der Waals surface area contributed by atoms with Gasteiger partial charge in [-0.25, -0.2) is 0 Å². The van der Waals surface area contributed by atoms with Crippen molar-refractivity contribution >= 4 is 5.57 Å². The molecule has 0 spiro atoms. The molecule has 8 atom stereocenters. The minimum atomic E-state index is -0.0916. The van der Waals surface area contributed by atoms with Gasteiger partial charge in [-0.3, -0.25) is 0 Å². The number of rotatable bonds is 5. The molecule has 4 aliphatic rings. The van der Waals surface area contributed by atoms with E-state index in [9.17, 15) is 5.11 Å². The molecule has 0 bridgehead atoms. The number of fused-ring (bicyclic) bond motifs is 5. The van der Waals surface area contributed by atoms with Crippen LogP contribution in [0.1, 0.15) is 97.5 Å². The molecular formula is C32H46O. The second-order valence-electron chi connectivity index (χ2n) is 12.7. The highest BCUT2D eigenvalue weighted by atomic mass is 16.3. The fourth-order valence-corrected chi connectivity index (χ4v) is 9.20. The van der Waals surface area contributed by atoms with E-state index in [-0.39, 0.29) is 6.10 Å². The number of benzene rings is 1. The fraction of sp³-hybridized carbons (Fsp3) is 0.688. The summed E-state index contributed by atoms with van der Waals surface area (Å²) in [5.74, 6) is 4.34. The van der Waals surface area contributed by atoms with E-state index in [0.717, 1.165) is 42.4 Å². The molecule has 3 saturated carbocycles. The zero-order chi connectivity index (χ0) is 23.2.